The van der Waals surface area contributed by atoms with Crippen LogP contribution >= 0.6 is 0 Å². The third-order valence-corrected chi connectivity index (χ3v) is 12.0. The maximum absolute atomic E-state index is 15.7. The monoisotopic (exact) mass is 820 g/mol. The minimum absolute atomic E-state index is 0.255. The molecule has 0 aliphatic carbocycles. The zero-order valence-corrected chi connectivity index (χ0v) is 34.0. The molecule has 10 aromatic rings. The Labute approximate surface area is 367 Å². The smallest absolute Gasteiger partial charge is 0.268 e. The number of benzene rings is 7. The van der Waals surface area contributed by atoms with Gasteiger partial charge in [-0.05, 0) is 81.9 Å². The summed E-state index contributed by atoms with van der Waals surface area (Å²) in [5.74, 6) is -0.897. The first-order chi connectivity index (χ1) is 31.6. The van der Waals surface area contributed by atoms with E-state index in [2.05, 4.69) is 46.4 Å². The van der Waals surface area contributed by atoms with Crippen LogP contribution in [0.5, 0.6) is 0 Å². The minimum Gasteiger partial charge on any atom is -0.308 e. The summed E-state index contributed by atoms with van der Waals surface area (Å²) < 4.78 is 2.02. The molecule has 0 radical (unpaired) electrons. The van der Waals surface area contributed by atoms with Gasteiger partial charge in [0.1, 0.15) is 0 Å². The van der Waals surface area contributed by atoms with E-state index in [0.717, 1.165) is 66.3 Å². The molecule has 1 aliphatic heterocycles. The summed E-state index contributed by atoms with van der Waals surface area (Å²) in [6, 6.07) is 59.1. The van der Waals surface area contributed by atoms with Gasteiger partial charge in [0.2, 0.25) is 0 Å². The molecule has 0 bridgehead atoms. The zero-order valence-electron chi connectivity index (χ0n) is 34.0. The predicted octanol–water partition coefficient (Wildman–Crippen LogP) is 12.5. The number of amides is 2. The Morgan fingerprint density at radius 2 is 0.891 bits per heavy atom. The van der Waals surface area contributed by atoms with E-state index in [0.29, 0.717) is 33.6 Å². The maximum atomic E-state index is 15.7. The Morgan fingerprint density at radius 1 is 0.422 bits per heavy atom. The lowest BCUT2D eigenvalue weighted by Gasteiger charge is -2.24. The van der Waals surface area contributed by atoms with Gasteiger partial charge < -0.3 is 4.57 Å². The second-order valence-electron chi connectivity index (χ2n) is 15.5. The van der Waals surface area contributed by atoms with Crippen molar-refractivity contribution in [3.63, 3.8) is 0 Å². The molecule has 2 amide bonds. The lowest BCUT2D eigenvalue weighted by Crippen LogP contribution is -2.30. The van der Waals surface area contributed by atoms with E-state index in [-0.39, 0.29) is 11.1 Å². The van der Waals surface area contributed by atoms with Crippen LogP contribution in [0.15, 0.2) is 195 Å². The number of aromatic nitrogens is 3. The van der Waals surface area contributed by atoms with Gasteiger partial charge in [-0.2, -0.15) is 10.5 Å². The van der Waals surface area contributed by atoms with Crippen LogP contribution in [-0.2, 0) is 0 Å². The molecular weight excluding hydrogens is 789 g/mol. The zero-order chi connectivity index (χ0) is 43.3. The lowest BCUT2D eigenvalue weighted by molar-refractivity contribution is 0.0926. The number of hydrogen-bond acceptors (Lipinski definition) is 6. The lowest BCUT2D eigenvalue weighted by atomic mass is 9.90. The van der Waals surface area contributed by atoms with E-state index in [1.54, 1.807) is 43.0 Å². The molecule has 298 valence electrons. The normalized spacial score (nSPS) is 12.1. The molecule has 0 atom stereocenters. The molecule has 4 heterocycles. The number of nitrogens with zero attached hydrogens (tertiary/aromatic N) is 6. The van der Waals surface area contributed by atoms with Gasteiger partial charge in [-0.25, -0.2) is 4.90 Å². The van der Waals surface area contributed by atoms with Crippen LogP contribution in [0.3, 0.4) is 0 Å². The summed E-state index contributed by atoms with van der Waals surface area (Å²) in [5, 5.41) is 22.1. The molecule has 11 rings (SSSR count). The highest BCUT2D eigenvalue weighted by Crippen LogP contribution is 2.48. The number of fused-ring (bicyclic) bond motifs is 4. The molecule has 8 nitrogen and oxygen atoms in total. The Morgan fingerprint density at radius 3 is 1.39 bits per heavy atom. The van der Waals surface area contributed by atoms with Crippen LogP contribution in [0, 0.1) is 22.7 Å². The SMILES string of the molecule is N#Cc1ccncc1-c1cccc2c1c1c(-c3cnccc3C#N)cccc1n2-c1cccc2c1C(=O)N(c1c(-c3ccccc3)cc(-c3ccccc3)cc1-c1ccccc1)C2=O. The Hall–Kier alpha value is -9.24. The molecule has 0 spiro atoms. The molecule has 0 N–H and O–H groups in total. The first kappa shape index (κ1) is 37.7. The third kappa shape index (κ3) is 5.90. The summed E-state index contributed by atoms with van der Waals surface area (Å²) in [6.45, 7) is 0. The Bertz CT molecular complexity index is 3450. The number of carbonyl (C=O) groups is 2. The number of carbonyl (C=O) groups excluding carboxylic acids is 2. The Kier molecular flexibility index (Phi) is 9.05. The van der Waals surface area contributed by atoms with Gasteiger partial charge in [0.05, 0.1) is 56.8 Å². The molecule has 64 heavy (non-hydrogen) atoms. The second-order valence-corrected chi connectivity index (χ2v) is 15.5. The molecule has 3 aromatic heterocycles. The third-order valence-electron chi connectivity index (χ3n) is 12.0. The van der Waals surface area contributed by atoms with E-state index in [1.165, 1.54) is 4.90 Å². The van der Waals surface area contributed by atoms with Crippen LogP contribution in [0.1, 0.15) is 31.8 Å². The second kappa shape index (κ2) is 15.3. The van der Waals surface area contributed by atoms with Crippen LogP contribution in [-0.4, -0.2) is 26.3 Å². The number of imide groups is 1. The van der Waals surface area contributed by atoms with Crippen molar-refractivity contribution < 1.29 is 9.59 Å². The van der Waals surface area contributed by atoms with E-state index in [1.807, 2.05) is 132 Å². The van der Waals surface area contributed by atoms with Gasteiger partial charge in [-0.15, -0.1) is 0 Å². The van der Waals surface area contributed by atoms with Crippen molar-refractivity contribution in [1.29, 1.82) is 10.5 Å². The van der Waals surface area contributed by atoms with Crippen LogP contribution < -0.4 is 4.90 Å². The molecule has 0 fully saturated rings. The quantitative estimate of drug-likeness (QED) is 0.148. The summed E-state index contributed by atoms with van der Waals surface area (Å²) in [7, 11) is 0. The highest BCUT2D eigenvalue weighted by molar-refractivity contribution is 6.37. The highest BCUT2D eigenvalue weighted by atomic mass is 16.2. The fourth-order valence-corrected chi connectivity index (χ4v) is 9.23. The summed E-state index contributed by atoms with van der Waals surface area (Å²) in [4.78, 5) is 41.1. The molecule has 0 unspecified atom stereocenters. The van der Waals surface area contributed by atoms with Crippen molar-refractivity contribution in [3.05, 3.63) is 217 Å². The number of hydrogen-bond donors (Lipinski definition) is 0. The Balaban J connectivity index is 1.20. The molecule has 7 aromatic carbocycles. The van der Waals surface area contributed by atoms with Crippen molar-refractivity contribution in [3.8, 4) is 73.5 Å². The van der Waals surface area contributed by atoms with Crippen molar-refractivity contribution in [2.24, 2.45) is 0 Å². The fourth-order valence-electron chi connectivity index (χ4n) is 9.23. The molecule has 0 saturated heterocycles. The average molecular weight is 821 g/mol. The predicted molar refractivity (Wildman–Crippen MR) is 251 cm³/mol. The van der Waals surface area contributed by atoms with Gasteiger partial charge in [-0.3, -0.25) is 19.6 Å². The number of nitriles is 2. The number of pyridine rings is 2. The van der Waals surface area contributed by atoms with Crippen LogP contribution in [0.2, 0.25) is 0 Å². The standard InChI is InChI=1S/C56H32N6O2/c57-31-38-25-27-59-33-46(38)41-19-10-22-48-51(41)52-42(47-34-60-28-26-39(47)32-58)20-11-23-49(52)61(48)50-24-12-21-43-53(50)56(64)62(55(43)63)54-44(36-15-6-2-7-16-36)29-40(35-13-4-1-5-14-35)30-45(54)37-17-8-3-9-18-37/h1-30,33-34H. The highest BCUT2D eigenvalue weighted by Gasteiger charge is 2.42. The van der Waals surface area contributed by atoms with Gasteiger partial charge in [0.15, 0.2) is 0 Å². The maximum Gasteiger partial charge on any atom is 0.268 e. The molecular formula is C56H32N6O2. The van der Waals surface area contributed by atoms with Gasteiger partial charge in [0, 0.05) is 57.8 Å². The minimum atomic E-state index is -0.460. The van der Waals surface area contributed by atoms with E-state index < -0.39 is 11.8 Å². The van der Waals surface area contributed by atoms with Crippen molar-refractivity contribution >= 4 is 39.3 Å². The van der Waals surface area contributed by atoms with Crippen LogP contribution in [0.4, 0.5) is 5.69 Å². The number of anilines is 1. The van der Waals surface area contributed by atoms with E-state index in [4.69, 9.17) is 0 Å². The van der Waals surface area contributed by atoms with Crippen molar-refractivity contribution in [1.82, 2.24) is 14.5 Å². The first-order valence-electron chi connectivity index (χ1n) is 20.7. The van der Waals surface area contributed by atoms with Gasteiger partial charge >= 0.3 is 0 Å². The number of rotatable bonds is 7. The van der Waals surface area contributed by atoms with Crippen molar-refractivity contribution in [2.45, 2.75) is 0 Å². The topological polar surface area (TPSA) is 116 Å². The first-order valence-corrected chi connectivity index (χ1v) is 20.7. The fraction of sp³-hybridized carbons (Fsp3) is 0. The molecule has 8 heteroatoms. The summed E-state index contributed by atoms with van der Waals surface area (Å²) >= 11 is 0. The van der Waals surface area contributed by atoms with E-state index in [9.17, 15) is 10.5 Å². The summed E-state index contributed by atoms with van der Waals surface area (Å²) in [6.07, 6.45) is 6.55. The van der Waals surface area contributed by atoms with Crippen LogP contribution in [0.25, 0.3) is 83.1 Å². The average Bonchev–Trinajstić information content (AvgIpc) is 3.84. The molecule has 1 aliphatic rings. The van der Waals surface area contributed by atoms with E-state index >= 15 is 9.59 Å². The van der Waals surface area contributed by atoms with Gasteiger partial charge in [-0.1, -0.05) is 121 Å². The summed E-state index contributed by atoms with van der Waals surface area (Å²) in [5.41, 5.74) is 11.7. The largest absolute Gasteiger partial charge is 0.308 e. The van der Waals surface area contributed by atoms with Crippen molar-refractivity contribution in [2.75, 3.05) is 4.90 Å². The van der Waals surface area contributed by atoms with Gasteiger partial charge in [0.25, 0.3) is 11.8 Å². The molecule has 0 saturated carbocycles.